The molecular formula is C20H19F3N2O5S. The van der Waals surface area contributed by atoms with E-state index in [4.69, 9.17) is 9.47 Å². The Labute approximate surface area is 177 Å². The molecule has 31 heavy (non-hydrogen) atoms. The second-order valence-corrected chi connectivity index (χ2v) is 8.39. The van der Waals surface area contributed by atoms with E-state index >= 15 is 0 Å². The maximum absolute atomic E-state index is 13.3. The smallest absolute Gasteiger partial charge is 0.417 e. The number of rotatable bonds is 7. The number of nitrogens with zero attached hydrogens (tertiary/aromatic N) is 1. The van der Waals surface area contributed by atoms with Gasteiger partial charge in [-0.25, -0.2) is 8.42 Å². The fourth-order valence-electron chi connectivity index (χ4n) is 2.94. The van der Waals surface area contributed by atoms with Crippen molar-refractivity contribution in [3.8, 4) is 11.5 Å². The summed E-state index contributed by atoms with van der Waals surface area (Å²) in [4.78, 5) is 11.5. The molecule has 1 heterocycles. The van der Waals surface area contributed by atoms with E-state index in [2.05, 4.69) is 11.9 Å². The lowest BCUT2D eigenvalue weighted by Gasteiger charge is -2.23. The Balaban J connectivity index is 1.82. The van der Waals surface area contributed by atoms with Crippen LogP contribution in [-0.2, 0) is 21.0 Å². The van der Waals surface area contributed by atoms with E-state index in [9.17, 15) is 26.4 Å². The van der Waals surface area contributed by atoms with Gasteiger partial charge in [0.15, 0.2) is 11.5 Å². The Morgan fingerprint density at radius 3 is 2.48 bits per heavy atom. The Hall–Kier alpha value is -3.05. The van der Waals surface area contributed by atoms with Crippen molar-refractivity contribution in [2.24, 2.45) is 0 Å². The Kier molecular flexibility index (Phi) is 6.56. The van der Waals surface area contributed by atoms with Crippen LogP contribution >= 0.6 is 0 Å². The lowest BCUT2D eigenvalue weighted by atomic mass is 10.2. The molecule has 0 bridgehead atoms. The van der Waals surface area contributed by atoms with Crippen molar-refractivity contribution in [3.63, 3.8) is 0 Å². The van der Waals surface area contributed by atoms with Gasteiger partial charge in [0.2, 0.25) is 15.9 Å². The van der Waals surface area contributed by atoms with Gasteiger partial charge < -0.3 is 14.8 Å². The van der Waals surface area contributed by atoms with Crippen molar-refractivity contribution < 1.29 is 35.9 Å². The van der Waals surface area contributed by atoms with E-state index in [-0.39, 0.29) is 6.54 Å². The number of alkyl halides is 3. The van der Waals surface area contributed by atoms with Gasteiger partial charge in [-0.15, -0.1) is 6.58 Å². The predicted molar refractivity (Wildman–Crippen MR) is 106 cm³/mol. The van der Waals surface area contributed by atoms with Gasteiger partial charge in [0, 0.05) is 18.3 Å². The lowest BCUT2D eigenvalue weighted by Crippen LogP contribution is -2.38. The lowest BCUT2D eigenvalue weighted by molar-refractivity contribution is -0.139. The van der Waals surface area contributed by atoms with E-state index in [1.54, 1.807) is 6.07 Å². The van der Waals surface area contributed by atoms with Crippen molar-refractivity contribution in [1.29, 1.82) is 0 Å². The first kappa shape index (κ1) is 22.6. The molecule has 1 aliphatic rings. The number of fused-ring (bicyclic) bond motifs is 1. The molecule has 0 unspecified atom stereocenters. The fourth-order valence-corrected chi connectivity index (χ4v) is 4.52. The van der Waals surface area contributed by atoms with Gasteiger partial charge in [0.1, 0.15) is 13.2 Å². The first-order valence-corrected chi connectivity index (χ1v) is 10.5. The van der Waals surface area contributed by atoms with Crippen molar-refractivity contribution >= 4 is 21.6 Å². The Morgan fingerprint density at radius 2 is 1.81 bits per heavy atom. The molecule has 1 amide bonds. The summed E-state index contributed by atoms with van der Waals surface area (Å²) >= 11 is 0. The highest BCUT2D eigenvalue weighted by atomic mass is 32.2. The quantitative estimate of drug-likeness (QED) is 0.647. The number of carbonyl (C=O) groups excluding carboxylic acids is 1. The molecule has 166 valence electrons. The highest BCUT2D eigenvalue weighted by Gasteiger charge is 2.39. The molecule has 0 atom stereocenters. The average Bonchev–Trinajstić information content (AvgIpc) is 2.72. The first-order chi connectivity index (χ1) is 14.6. The zero-order valence-electron chi connectivity index (χ0n) is 16.2. The number of carbonyl (C=O) groups is 1. The van der Waals surface area contributed by atoms with Crippen LogP contribution in [0.1, 0.15) is 5.56 Å². The van der Waals surface area contributed by atoms with Gasteiger partial charge in [-0.05, 0) is 24.3 Å². The summed E-state index contributed by atoms with van der Waals surface area (Å²) in [6.45, 7) is 3.09. The average molecular weight is 456 g/mol. The molecule has 0 saturated carbocycles. The molecular weight excluding hydrogens is 437 g/mol. The largest absolute Gasteiger partial charge is 0.486 e. The minimum absolute atomic E-state index is 0.320. The second-order valence-electron chi connectivity index (χ2n) is 6.49. The second kappa shape index (κ2) is 8.98. The summed E-state index contributed by atoms with van der Waals surface area (Å²) in [6.07, 6.45) is -3.69. The molecule has 7 nitrogen and oxygen atoms in total. The van der Waals surface area contributed by atoms with Gasteiger partial charge in [0.25, 0.3) is 0 Å². The SMILES string of the molecule is C=CCN(CC(=O)Nc1ccc2c(c1)OCCO2)S(=O)(=O)c1ccccc1C(F)(F)F. The summed E-state index contributed by atoms with van der Waals surface area (Å²) < 4.78 is 77.2. The molecule has 11 heteroatoms. The third-order valence-electron chi connectivity index (χ3n) is 4.29. The molecule has 0 fully saturated rings. The van der Waals surface area contributed by atoms with Crippen molar-refractivity contribution in [2.45, 2.75) is 11.1 Å². The zero-order valence-corrected chi connectivity index (χ0v) is 17.0. The molecule has 0 aromatic heterocycles. The van der Waals surface area contributed by atoms with Crippen molar-refractivity contribution in [2.75, 3.05) is 31.6 Å². The number of benzene rings is 2. The normalized spacial score (nSPS) is 13.7. The summed E-state index contributed by atoms with van der Waals surface area (Å²) in [5.41, 5.74) is -0.989. The van der Waals surface area contributed by atoms with Crippen LogP contribution < -0.4 is 14.8 Å². The van der Waals surface area contributed by atoms with Crippen molar-refractivity contribution in [3.05, 3.63) is 60.7 Å². The standard InChI is InChI=1S/C20H19F3N2O5S/c1-2-9-25(31(27,28)18-6-4-3-5-15(18)20(21,22)23)13-19(26)24-14-7-8-16-17(12-14)30-11-10-29-16/h2-8,12H,1,9-11,13H2,(H,24,26). The number of halogens is 3. The van der Waals surface area contributed by atoms with Gasteiger partial charge in [-0.2, -0.15) is 17.5 Å². The van der Waals surface area contributed by atoms with E-state index in [0.29, 0.717) is 40.8 Å². The van der Waals surface area contributed by atoms with E-state index in [1.165, 1.54) is 24.3 Å². The Morgan fingerprint density at radius 1 is 1.13 bits per heavy atom. The number of amides is 1. The van der Waals surface area contributed by atoms with Crippen LogP contribution in [0.4, 0.5) is 18.9 Å². The summed E-state index contributed by atoms with van der Waals surface area (Å²) in [5, 5.41) is 2.51. The van der Waals surface area contributed by atoms with E-state index in [0.717, 1.165) is 12.1 Å². The fraction of sp³-hybridized carbons (Fsp3) is 0.250. The summed E-state index contributed by atoms with van der Waals surface area (Å²) in [6, 6.07) is 8.44. The van der Waals surface area contributed by atoms with Crippen LogP contribution in [0, 0.1) is 0 Å². The number of hydrogen-bond donors (Lipinski definition) is 1. The van der Waals surface area contributed by atoms with Crippen LogP contribution in [-0.4, -0.2) is 44.9 Å². The van der Waals surface area contributed by atoms with Gasteiger partial charge >= 0.3 is 6.18 Å². The highest BCUT2D eigenvalue weighted by Crippen LogP contribution is 2.35. The van der Waals surface area contributed by atoms with Crippen LogP contribution in [0.3, 0.4) is 0 Å². The number of sulfonamides is 1. The first-order valence-electron chi connectivity index (χ1n) is 9.09. The maximum Gasteiger partial charge on any atom is 0.417 e. The summed E-state index contributed by atoms with van der Waals surface area (Å²) in [7, 11) is -4.64. The number of nitrogens with one attached hydrogen (secondary N) is 1. The molecule has 1 aliphatic heterocycles. The van der Waals surface area contributed by atoms with Crippen LogP contribution in [0.2, 0.25) is 0 Å². The zero-order chi connectivity index (χ0) is 22.6. The number of ether oxygens (including phenoxy) is 2. The third kappa shape index (κ3) is 5.17. The molecule has 0 radical (unpaired) electrons. The highest BCUT2D eigenvalue weighted by molar-refractivity contribution is 7.89. The summed E-state index contributed by atoms with van der Waals surface area (Å²) in [5.74, 6) is 0.175. The Bertz CT molecular complexity index is 1090. The molecule has 0 spiro atoms. The van der Waals surface area contributed by atoms with Crippen LogP contribution in [0.15, 0.2) is 60.0 Å². The molecule has 0 saturated heterocycles. The monoisotopic (exact) mass is 456 g/mol. The topological polar surface area (TPSA) is 84.9 Å². The molecule has 0 aliphatic carbocycles. The van der Waals surface area contributed by atoms with E-state index in [1.807, 2.05) is 0 Å². The van der Waals surface area contributed by atoms with Gasteiger partial charge in [-0.1, -0.05) is 18.2 Å². The van der Waals surface area contributed by atoms with Gasteiger partial charge in [0.05, 0.1) is 17.0 Å². The molecule has 1 N–H and O–H groups in total. The van der Waals surface area contributed by atoms with Crippen LogP contribution in [0.25, 0.3) is 0 Å². The number of hydrogen-bond acceptors (Lipinski definition) is 5. The molecule has 2 aromatic rings. The molecule has 2 aromatic carbocycles. The third-order valence-corrected chi connectivity index (χ3v) is 6.16. The van der Waals surface area contributed by atoms with Crippen molar-refractivity contribution in [1.82, 2.24) is 4.31 Å². The minimum atomic E-state index is -4.88. The van der Waals surface area contributed by atoms with E-state index < -0.39 is 39.1 Å². The van der Waals surface area contributed by atoms with Crippen LogP contribution in [0.5, 0.6) is 11.5 Å². The van der Waals surface area contributed by atoms with Gasteiger partial charge in [-0.3, -0.25) is 4.79 Å². The predicted octanol–water partition coefficient (Wildman–Crippen LogP) is 3.29. The maximum atomic E-state index is 13.3. The number of anilines is 1. The molecule has 3 rings (SSSR count). The minimum Gasteiger partial charge on any atom is -0.486 e.